The van der Waals surface area contributed by atoms with Crippen LogP contribution < -0.4 is 19.7 Å². The SMILES string of the molecule is CC(C)(C)OC(=O)N1CCN(c2ncnc3c(F)c(-c4c(F)cccc4O[Si](c4ccccc4)(c4ccccc4)C(C)(C)C)c(Cl)cc23)CC1. The van der Waals surface area contributed by atoms with Crippen molar-refractivity contribution >= 4 is 53.1 Å². The second-order valence-corrected chi connectivity index (χ2v) is 19.1. The van der Waals surface area contributed by atoms with E-state index in [9.17, 15) is 4.79 Å². The van der Waals surface area contributed by atoms with Crippen molar-refractivity contribution in [2.45, 2.75) is 52.2 Å². The Balaban J connectivity index is 1.44. The van der Waals surface area contributed by atoms with Crippen LogP contribution >= 0.6 is 11.6 Å². The third-order valence-corrected chi connectivity index (χ3v) is 14.2. The highest BCUT2D eigenvalue weighted by Gasteiger charge is 2.52. The lowest BCUT2D eigenvalue weighted by Gasteiger charge is -2.43. The fraction of sp³-hybridized carbons (Fsp3) is 0.308. The van der Waals surface area contributed by atoms with Crippen LogP contribution in [-0.2, 0) is 4.74 Å². The van der Waals surface area contributed by atoms with Gasteiger partial charge in [0.2, 0.25) is 0 Å². The van der Waals surface area contributed by atoms with Gasteiger partial charge in [0.15, 0.2) is 5.82 Å². The molecule has 7 nitrogen and oxygen atoms in total. The summed E-state index contributed by atoms with van der Waals surface area (Å²) >= 11 is 6.92. The maximum Gasteiger partial charge on any atom is 0.410 e. The number of halogens is 3. The second kappa shape index (κ2) is 13.6. The van der Waals surface area contributed by atoms with Gasteiger partial charge < -0.3 is 19.0 Å². The summed E-state index contributed by atoms with van der Waals surface area (Å²) in [6.07, 6.45) is 0.907. The zero-order chi connectivity index (χ0) is 35.8. The van der Waals surface area contributed by atoms with Gasteiger partial charge in [-0.1, -0.05) is 99.1 Å². The number of amides is 1. The molecule has 1 saturated heterocycles. The Hall–Kier alpha value is -4.54. The van der Waals surface area contributed by atoms with Crippen LogP contribution in [0.5, 0.6) is 5.75 Å². The van der Waals surface area contributed by atoms with Gasteiger partial charge in [-0.05, 0) is 54.4 Å². The Morgan fingerprint density at radius 2 is 1.40 bits per heavy atom. The quantitative estimate of drug-likeness (QED) is 0.165. The third kappa shape index (κ3) is 6.66. The van der Waals surface area contributed by atoms with Gasteiger partial charge in [0.25, 0.3) is 0 Å². The molecule has 6 rings (SSSR count). The van der Waals surface area contributed by atoms with E-state index in [4.69, 9.17) is 20.8 Å². The minimum atomic E-state index is -3.23. The molecule has 2 heterocycles. The predicted molar refractivity (Wildman–Crippen MR) is 198 cm³/mol. The highest BCUT2D eigenvalue weighted by molar-refractivity contribution is 7.00. The van der Waals surface area contributed by atoms with Crippen LogP contribution in [0, 0.1) is 11.6 Å². The van der Waals surface area contributed by atoms with Gasteiger partial charge in [0.05, 0.1) is 10.6 Å². The molecule has 0 unspecified atom stereocenters. The van der Waals surface area contributed by atoms with Crippen molar-refractivity contribution in [1.29, 1.82) is 0 Å². The lowest BCUT2D eigenvalue weighted by Crippen LogP contribution is -2.68. The van der Waals surface area contributed by atoms with Gasteiger partial charge in [0, 0.05) is 37.1 Å². The van der Waals surface area contributed by atoms with E-state index >= 15 is 8.78 Å². The summed E-state index contributed by atoms with van der Waals surface area (Å²) in [4.78, 5) is 25.0. The fourth-order valence-corrected chi connectivity index (χ4v) is 11.4. The number of piperazine rings is 1. The van der Waals surface area contributed by atoms with Crippen molar-refractivity contribution in [3.8, 4) is 16.9 Å². The predicted octanol–water partition coefficient (Wildman–Crippen LogP) is 8.22. The van der Waals surface area contributed by atoms with Gasteiger partial charge in [-0.15, -0.1) is 0 Å². The van der Waals surface area contributed by atoms with E-state index in [2.05, 4.69) is 30.7 Å². The average Bonchev–Trinajstić information content (AvgIpc) is 3.07. The fourth-order valence-electron chi connectivity index (χ4n) is 6.67. The molecule has 0 atom stereocenters. The maximum absolute atomic E-state index is 16.9. The number of nitrogens with zero attached hydrogens (tertiary/aromatic N) is 4. The minimum absolute atomic E-state index is 0.00335. The monoisotopic (exact) mass is 714 g/mol. The van der Waals surface area contributed by atoms with Crippen molar-refractivity contribution < 1.29 is 22.7 Å². The molecule has 1 fully saturated rings. The van der Waals surface area contributed by atoms with E-state index in [0.717, 1.165) is 10.4 Å². The van der Waals surface area contributed by atoms with Gasteiger partial charge >= 0.3 is 14.4 Å². The summed E-state index contributed by atoms with van der Waals surface area (Å²) in [6.45, 7) is 13.5. The first-order chi connectivity index (χ1) is 23.7. The first-order valence-electron chi connectivity index (χ1n) is 16.7. The highest BCUT2D eigenvalue weighted by atomic mass is 35.5. The number of rotatable bonds is 6. The smallest absolute Gasteiger partial charge is 0.410 e. The number of benzene rings is 4. The summed E-state index contributed by atoms with van der Waals surface area (Å²) in [5.41, 5.74) is -0.810. The van der Waals surface area contributed by atoms with Gasteiger partial charge in [-0.3, -0.25) is 0 Å². The summed E-state index contributed by atoms with van der Waals surface area (Å²) in [5, 5.41) is 1.93. The van der Waals surface area contributed by atoms with E-state index in [1.807, 2.05) is 86.3 Å². The number of hydrogen-bond acceptors (Lipinski definition) is 6. The lowest BCUT2D eigenvalue weighted by atomic mass is 10.0. The van der Waals surface area contributed by atoms with E-state index in [1.54, 1.807) is 23.1 Å². The normalized spacial score (nSPS) is 14.2. The van der Waals surface area contributed by atoms with Crippen LogP contribution in [-0.4, -0.2) is 61.1 Å². The Bertz CT molecular complexity index is 1970. The molecule has 0 saturated carbocycles. The highest BCUT2D eigenvalue weighted by Crippen LogP contribution is 2.45. The van der Waals surface area contributed by atoms with E-state index in [1.165, 1.54) is 12.4 Å². The van der Waals surface area contributed by atoms with Crippen molar-refractivity contribution in [2.75, 3.05) is 31.1 Å². The van der Waals surface area contributed by atoms with E-state index in [-0.39, 0.29) is 33.5 Å². The van der Waals surface area contributed by atoms with Crippen molar-refractivity contribution in [2.24, 2.45) is 0 Å². The molecule has 1 aliphatic rings. The van der Waals surface area contributed by atoms with Crippen LogP contribution in [0.1, 0.15) is 41.5 Å². The molecule has 4 aromatic carbocycles. The van der Waals surface area contributed by atoms with Crippen LogP contribution in [0.25, 0.3) is 22.0 Å². The molecular formula is C39H41ClF2N4O3Si. The number of ether oxygens (including phenoxy) is 1. The number of carbonyl (C=O) groups excluding carboxylic acids is 1. The zero-order valence-electron chi connectivity index (χ0n) is 29.1. The molecule has 0 aliphatic carbocycles. The van der Waals surface area contributed by atoms with Crippen molar-refractivity contribution in [3.63, 3.8) is 0 Å². The topological polar surface area (TPSA) is 67.8 Å². The molecule has 1 aromatic heterocycles. The number of fused-ring (bicyclic) bond motifs is 1. The minimum Gasteiger partial charge on any atom is -0.533 e. The molecule has 0 radical (unpaired) electrons. The van der Waals surface area contributed by atoms with Crippen molar-refractivity contribution in [3.05, 3.63) is 108 Å². The largest absolute Gasteiger partial charge is 0.533 e. The van der Waals surface area contributed by atoms with E-state index < -0.39 is 30.6 Å². The lowest BCUT2D eigenvalue weighted by molar-refractivity contribution is 0.0240. The van der Waals surface area contributed by atoms with Gasteiger partial charge in [-0.25, -0.2) is 23.5 Å². The van der Waals surface area contributed by atoms with E-state index in [0.29, 0.717) is 37.4 Å². The summed E-state index contributed by atoms with van der Waals surface area (Å²) < 4.78 is 45.8. The molecule has 260 valence electrons. The third-order valence-electron chi connectivity index (χ3n) is 8.94. The van der Waals surface area contributed by atoms with Gasteiger partial charge in [-0.2, -0.15) is 0 Å². The molecule has 50 heavy (non-hydrogen) atoms. The molecule has 0 N–H and O–H groups in total. The number of aromatic nitrogens is 2. The molecule has 11 heteroatoms. The Morgan fingerprint density at radius 3 is 1.96 bits per heavy atom. The molecular weight excluding hydrogens is 674 g/mol. The molecule has 1 amide bonds. The molecule has 0 bridgehead atoms. The first-order valence-corrected chi connectivity index (χ1v) is 18.9. The van der Waals surface area contributed by atoms with Crippen molar-refractivity contribution in [1.82, 2.24) is 14.9 Å². The van der Waals surface area contributed by atoms with Crippen LogP contribution in [0.2, 0.25) is 10.1 Å². The van der Waals surface area contributed by atoms with Gasteiger partial charge in [0.1, 0.15) is 34.8 Å². The Labute approximate surface area is 298 Å². The first kappa shape index (κ1) is 35.3. The molecule has 0 spiro atoms. The summed E-state index contributed by atoms with van der Waals surface area (Å²) in [5.74, 6) is -0.787. The number of hydrogen-bond donors (Lipinski definition) is 0. The van der Waals surface area contributed by atoms with Crippen LogP contribution in [0.4, 0.5) is 19.4 Å². The molecule has 1 aliphatic heterocycles. The Kier molecular flexibility index (Phi) is 9.63. The maximum atomic E-state index is 16.9. The zero-order valence-corrected chi connectivity index (χ0v) is 30.9. The van der Waals surface area contributed by atoms with Crippen LogP contribution in [0.3, 0.4) is 0 Å². The number of carbonyl (C=O) groups is 1. The number of anilines is 1. The summed E-state index contributed by atoms with van der Waals surface area (Å²) in [6, 6.07) is 26.0. The standard InChI is InChI=1S/C39H41ClF2N4O3Si/c1-38(2,3)48-37(47)46-22-20-45(21-23-46)36-28-24-29(40)32(34(42)35(28)43-25-44-36)33-30(41)18-13-19-31(33)49-50(39(4,5)6,26-14-9-7-10-15-26)27-16-11-8-12-17-27/h7-19,24-25H,20-23H2,1-6H3. The average molecular weight is 715 g/mol. The second-order valence-electron chi connectivity index (χ2n) is 14.5. The molecule has 5 aromatic rings. The summed E-state index contributed by atoms with van der Waals surface area (Å²) in [7, 11) is -3.23. The Morgan fingerprint density at radius 1 is 0.800 bits per heavy atom. The van der Waals surface area contributed by atoms with Crippen LogP contribution in [0.15, 0.2) is 91.3 Å².